The first kappa shape index (κ1) is 33.8. The van der Waals surface area contributed by atoms with Crippen molar-refractivity contribution in [2.45, 2.75) is 99.4 Å². The lowest BCUT2D eigenvalue weighted by Gasteiger charge is -2.25. The van der Waals surface area contributed by atoms with Gasteiger partial charge in [0.05, 0.1) is 12.7 Å². The van der Waals surface area contributed by atoms with E-state index in [0.29, 0.717) is 24.1 Å². The van der Waals surface area contributed by atoms with Crippen LogP contribution in [0.2, 0.25) is 5.02 Å². The summed E-state index contributed by atoms with van der Waals surface area (Å²) < 4.78 is 6.26. The van der Waals surface area contributed by atoms with Crippen LogP contribution in [0, 0.1) is 0 Å². The average Bonchev–Trinajstić information content (AvgIpc) is 3.97. The standard InChI is InChI=1S/C36H44ClN3O7/c37-28-9-6-23(35(12-13-35)11-3-16-39-34(46)33(45)32(44)31(43)29(42)21-41)18-22(28)19-40-36(14-15-36)27-20-38-17-10-25(27)26-4-1-2-5-30(26)47-24-7-8-24/h1-2,4-6,9-10,17-18,20,24,29,31-33,40-45H,3,7-8,11-16,19,21H2,(H,39,46). The number of rotatable bonds is 17. The Morgan fingerprint density at radius 1 is 1.00 bits per heavy atom. The van der Waals surface area contributed by atoms with Gasteiger partial charge >= 0.3 is 0 Å². The van der Waals surface area contributed by atoms with Crippen LogP contribution in [-0.4, -0.2) is 80.1 Å². The molecule has 4 atom stereocenters. The molecule has 3 aliphatic rings. The van der Waals surface area contributed by atoms with Gasteiger partial charge in [0.25, 0.3) is 5.91 Å². The molecular weight excluding hydrogens is 622 g/mol. The third kappa shape index (κ3) is 7.65. The first-order valence-electron chi connectivity index (χ1n) is 16.5. The summed E-state index contributed by atoms with van der Waals surface area (Å²) in [6.45, 7) is 0.0643. The van der Waals surface area contributed by atoms with Gasteiger partial charge in [0.15, 0.2) is 6.10 Å². The predicted octanol–water partition coefficient (Wildman–Crippen LogP) is 3.09. The van der Waals surface area contributed by atoms with Crippen molar-refractivity contribution >= 4 is 17.5 Å². The zero-order chi connectivity index (χ0) is 33.2. The molecule has 7 N–H and O–H groups in total. The minimum absolute atomic E-state index is 0.0112. The minimum atomic E-state index is -1.93. The predicted molar refractivity (Wildman–Crippen MR) is 177 cm³/mol. The van der Waals surface area contributed by atoms with Crippen molar-refractivity contribution in [1.29, 1.82) is 0 Å². The number of nitrogens with zero attached hydrogens (tertiary/aromatic N) is 1. The molecule has 1 aromatic heterocycles. The number of aliphatic hydroxyl groups is 5. The van der Waals surface area contributed by atoms with E-state index in [0.717, 1.165) is 72.9 Å². The molecule has 47 heavy (non-hydrogen) atoms. The number of carbonyl (C=O) groups is 1. The van der Waals surface area contributed by atoms with Gasteiger partial charge in [-0.05, 0) is 97.2 Å². The molecule has 4 unspecified atom stereocenters. The van der Waals surface area contributed by atoms with Crippen molar-refractivity contribution in [2.24, 2.45) is 0 Å². The number of aliphatic hydroxyl groups excluding tert-OH is 5. The molecule has 3 aliphatic carbocycles. The summed E-state index contributed by atoms with van der Waals surface area (Å²) >= 11 is 6.72. The van der Waals surface area contributed by atoms with Gasteiger partial charge < -0.3 is 40.9 Å². The molecule has 0 radical (unpaired) electrons. The number of aromatic nitrogens is 1. The van der Waals surface area contributed by atoms with E-state index in [4.69, 9.17) is 21.4 Å². The summed E-state index contributed by atoms with van der Waals surface area (Å²) in [5, 5.41) is 55.3. The summed E-state index contributed by atoms with van der Waals surface area (Å²) in [6.07, 6.45) is 4.42. The van der Waals surface area contributed by atoms with E-state index < -0.39 is 36.9 Å². The lowest BCUT2D eigenvalue weighted by Crippen LogP contribution is -2.51. The van der Waals surface area contributed by atoms with Gasteiger partial charge in [-0.3, -0.25) is 9.78 Å². The Morgan fingerprint density at radius 2 is 1.77 bits per heavy atom. The van der Waals surface area contributed by atoms with Crippen LogP contribution >= 0.6 is 11.6 Å². The molecule has 2 aromatic carbocycles. The Morgan fingerprint density at radius 3 is 2.47 bits per heavy atom. The number of benzene rings is 2. The summed E-state index contributed by atoms with van der Waals surface area (Å²) in [6, 6.07) is 16.5. The SMILES string of the molecule is O=C(NCCCC1(c2ccc(Cl)c(CNC3(c4cnccc4-c4ccccc4OC4CC4)CC3)c2)CC1)C(O)C(O)C(O)C(O)CO. The number of pyridine rings is 1. The van der Waals surface area contributed by atoms with Crippen LogP contribution < -0.4 is 15.4 Å². The molecule has 0 saturated heterocycles. The molecule has 3 saturated carbocycles. The summed E-state index contributed by atoms with van der Waals surface area (Å²) in [5.41, 5.74) is 5.40. The fourth-order valence-electron chi connectivity index (χ4n) is 6.39. The van der Waals surface area contributed by atoms with Gasteiger partial charge in [0.1, 0.15) is 24.1 Å². The molecule has 11 heteroatoms. The smallest absolute Gasteiger partial charge is 0.251 e. The average molecular weight is 666 g/mol. The van der Waals surface area contributed by atoms with E-state index in [1.807, 2.05) is 36.7 Å². The number of amides is 1. The second-order valence-corrected chi connectivity index (χ2v) is 13.7. The molecule has 252 valence electrons. The zero-order valence-corrected chi connectivity index (χ0v) is 27.1. The molecule has 0 bridgehead atoms. The Balaban J connectivity index is 1.07. The van der Waals surface area contributed by atoms with E-state index in [-0.39, 0.29) is 17.5 Å². The quantitative estimate of drug-likeness (QED) is 0.107. The third-order valence-corrected chi connectivity index (χ3v) is 10.2. The number of para-hydroxylation sites is 1. The van der Waals surface area contributed by atoms with Crippen molar-refractivity contribution in [3.8, 4) is 16.9 Å². The number of carbonyl (C=O) groups excluding carboxylic acids is 1. The Hall–Kier alpha value is -3.09. The second kappa shape index (κ2) is 14.2. The van der Waals surface area contributed by atoms with Gasteiger partial charge in [-0.1, -0.05) is 41.9 Å². The largest absolute Gasteiger partial charge is 0.490 e. The zero-order valence-electron chi connectivity index (χ0n) is 26.3. The Kier molecular flexibility index (Phi) is 10.2. The van der Waals surface area contributed by atoms with Crippen LogP contribution in [0.4, 0.5) is 0 Å². The van der Waals surface area contributed by atoms with Crippen molar-refractivity contribution in [3.05, 3.63) is 82.6 Å². The molecule has 3 fully saturated rings. The van der Waals surface area contributed by atoms with Gasteiger partial charge in [0, 0.05) is 41.6 Å². The van der Waals surface area contributed by atoms with Gasteiger partial charge in [-0.2, -0.15) is 0 Å². The van der Waals surface area contributed by atoms with Gasteiger partial charge in [-0.15, -0.1) is 0 Å². The minimum Gasteiger partial charge on any atom is -0.490 e. The number of hydrogen-bond donors (Lipinski definition) is 7. The van der Waals surface area contributed by atoms with Crippen LogP contribution in [0.5, 0.6) is 5.75 Å². The van der Waals surface area contributed by atoms with E-state index in [9.17, 15) is 25.2 Å². The highest BCUT2D eigenvalue weighted by molar-refractivity contribution is 6.31. The van der Waals surface area contributed by atoms with Crippen molar-refractivity contribution in [1.82, 2.24) is 15.6 Å². The van der Waals surface area contributed by atoms with Crippen molar-refractivity contribution < 1.29 is 35.1 Å². The molecule has 10 nitrogen and oxygen atoms in total. The third-order valence-electron chi connectivity index (χ3n) is 9.87. The number of halogens is 1. The molecular formula is C36H44ClN3O7. The van der Waals surface area contributed by atoms with Crippen LogP contribution in [0.3, 0.4) is 0 Å². The van der Waals surface area contributed by atoms with E-state index in [1.54, 1.807) is 0 Å². The molecule has 0 spiro atoms. The highest BCUT2D eigenvalue weighted by Gasteiger charge is 2.47. The first-order valence-corrected chi connectivity index (χ1v) is 16.9. The van der Waals surface area contributed by atoms with Crippen LogP contribution in [0.25, 0.3) is 11.1 Å². The maximum absolute atomic E-state index is 12.3. The lowest BCUT2D eigenvalue weighted by atomic mass is 9.89. The van der Waals surface area contributed by atoms with E-state index in [1.165, 1.54) is 5.56 Å². The molecule has 1 amide bonds. The molecule has 6 rings (SSSR count). The van der Waals surface area contributed by atoms with E-state index in [2.05, 4.69) is 39.9 Å². The topological polar surface area (TPSA) is 164 Å². The second-order valence-electron chi connectivity index (χ2n) is 13.3. The molecule has 3 aromatic rings. The number of ether oxygens (including phenoxy) is 1. The lowest BCUT2D eigenvalue weighted by molar-refractivity contribution is -0.148. The van der Waals surface area contributed by atoms with Gasteiger partial charge in [0.2, 0.25) is 0 Å². The normalized spacial score (nSPS) is 20.1. The van der Waals surface area contributed by atoms with Crippen molar-refractivity contribution in [3.63, 3.8) is 0 Å². The maximum Gasteiger partial charge on any atom is 0.251 e. The van der Waals surface area contributed by atoms with Gasteiger partial charge in [-0.25, -0.2) is 0 Å². The highest BCUT2D eigenvalue weighted by Crippen LogP contribution is 2.53. The first-order chi connectivity index (χ1) is 22.7. The number of nitrogens with one attached hydrogen (secondary N) is 2. The van der Waals surface area contributed by atoms with Crippen LogP contribution in [-0.2, 0) is 22.3 Å². The molecule has 0 aliphatic heterocycles. The maximum atomic E-state index is 12.3. The van der Waals surface area contributed by atoms with Crippen molar-refractivity contribution in [2.75, 3.05) is 13.2 Å². The Labute approximate surface area is 279 Å². The highest BCUT2D eigenvalue weighted by atomic mass is 35.5. The fraction of sp³-hybridized carbons (Fsp3) is 0.500. The molecule has 1 heterocycles. The van der Waals surface area contributed by atoms with Crippen LogP contribution in [0.15, 0.2) is 60.9 Å². The Bertz CT molecular complexity index is 1560. The van der Waals surface area contributed by atoms with E-state index >= 15 is 0 Å². The number of hydrogen-bond acceptors (Lipinski definition) is 9. The summed E-state index contributed by atoms with van der Waals surface area (Å²) in [5.74, 6) is 0.0600. The summed E-state index contributed by atoms with van der Waals surface area (Å²) in [4.78, 5) is 16.8. The monoisotopic (exact) mass is 665 g/mol. The fourth-order valence-corrected chi connectivity index (χ4v) is 6.58. The van der Waals surface area contributed by atoms with Crippen LogP contribution in [0.1, 0.15) is 68.1 Å². The summed E-state index contributed by atoms with van der Waals surface area (Å²) in [7, 11) is 0.